The van der Waals surface area contributed by atoms with Gasteiger partial charge in [-0.2, -0.15) is 4.31 Å². The standard InChI is InChI=1S/C21H24N6O2S/c1-16-4-3-5-18(12-16)30(28,29)27-10-8-26(9-11-27)21-14-20(23-15-24-21)25-19-13-17(2)6-7-22-19/h3-7,12-15H,8-11H2,1-2H3,(H,22,23,24,25). The molecule has 0 unspecified atom stereocenters. The molecule has 4 rings (SSSR count). The van der Waals surface area contributed by atoms with E-state index in [-0.39, 0.29) is 0 Å². The van der Waals surface area contributed by atoms with Crippen LogP contribution in [-0.4, -0.2) is 53.9 Å². The molecule has 9 heteroatoms. The number of aryl methyl sites for hydroxylation is 2. The molecule has 30 heavy (non-hydrogen) atoms. The van der Waals surface area contributed by atoms with E-state index >= 15 is 0 Å². The van der Waals surface area contributed by atoms with Crippen LogP contribution in [0.4, 0.5) is 17.5 Å². The molecule has 2 aromatic heterocycles. The lowest BCUT2D eigenvalue weighted by molar-refractivity contribution is 0.383. The van der Waals surface area contributed by atoms with Gasteiger partial charge < -0.3 is 10.2 Å². The van der Waals surface area contributed by atoms with E-state index in [0.717, 1.165) is 16.9 Å². The van der Waals surface area contributed by atoms with Gasteiger partial charge in [-0.1, -0.05) is 12.1 Å². The van der Waals surface area contributed by atoms with Crippen molar-refractivity contribution in [3.05, 3.63) is 66.1 Å². The zero-order valence-electron chi connectivity index (χ0n) is 17.0. The predicted octanol–water partition coefficient (Wildman–Crippen LogP) is 2.74. The summed E-state index contributed by atoms with van der Waals surface area (Å²) in [4.78, 5) is 15.3. The van der Waals surface area contributed by atoms with Gasteiger partial charge in [0.15, 0.2) is 0 Å². The molecule has 156 valence electrons. The molecular formula is C21H24N6O2S. The van der Waals surface area contributed by atoms with Crippen LogP contribution in [0, 0.1) is 13.8 Å². The van der Waals surface area contributed by atoms with Crippen molar-refractivity contribution in [2.24, 2.45) is 0 Å². The summed E-state index contributed by atoms with van der Waals surface area (Å²) in [5.41, 5.74) is 2.03. The van der Waals surface area contributed by atoms with Crippen molar-refractivity contribution in [1.82, 2.24) is 19.3 Å². The molecular weight excluding hydrogens is 400 g/mol. The molecule has 1 aliphatic rings. The molecule has 0 saturated carbocycles. The summed E-state index contributed by atoms with van der Waals surface area (Å²) in [5, 5.41) is 3.19. The molecule has 8 nitrogen and oxygen atoms in total. The number of piperazine rings is 1. The second-order valence-corrected chi connectivity index (χ2v) is 9.25. The Kier molecular flexibility index (Phi) is 5.65. The Hall–Kier alpha value is -3.04. The van der Waals surface area contributed by atoms with Crippen LogP contribution in [0.3, 0.4) is 0 Å². The summed E-state index contributed by atoms with van der Waals surface area (Å²) in [6, 6.07) is 12.8. The first-order valence-corrected chi connectivity index (χ1v) is 11.2. The number of anilines is 3. The van der Waals surface area contributed by atoms with Crippen LogP contribution in [0.15, 0.2) is 59.9 Å². The molecule has 3 aromatic rings. The van der Waals surface area contributed by atoms with Crippen LogP contribution in [0.1, 0.15) is 11.1 Å². The molecule has 3 heterocycles. The Morgan fingerprint density at radius 3 is 2.33 bits per heavy atom. The topological polar surface area (TPSA) is 91.3 Å². The smallest absolute Gasteiger partial charge is 0.243 e. The fraction of sp³-hybridized carbons (Fsp3) is 0.286. The van der Waals surface area contributed by atoms with E-state index in [0.29, 0.717) is 42.7 Å². The highest BCUT2D eigenvalue weighted by atomic mass is 32.2. The van der Waals surface area contributed by atoms with Crippen LogP contribution in [0.5, 0.6) is 0 Å². The number of nitrogens with zero attached hydrogens (tertiary/aromatic N) is 5. The Morgan fingerprint density at radius 1 is 0.867 bits per heavy atom. The lowest BCUT2D eigenvalue weighted by Crippen LogP contribution is -2.48. The first kappa shape index (κ1) is 20.2. The Bertz CT molecular complexity index is 1140. The number of aromatic nitrogens is 3. The number of hydrogen-bond donors (Lipinski definition) is 1. The van der Waals surface area contributed by atoms with Gasteiger partial charge in [0.05, 0.1) is 4.90 Å². The highest BCUT2D eigenvalue weighted by Crippen LogP contribution is 2.22. The summed E-state index contributed by atoms with van der Waals surface area (Å²) in [7, 11) is -3.49. The summed E-state index contributed by atoms with van der Waals surface area (Å²) < 4.78 is 27.4. The van der Waals surface area contributed by atoms with E-state index < -0.39 is 10.0 Å². The molecule has 1 aromatic carbocycles. The van der Waals surface area contributed by atoms with Gasteiger partial charge >= 0.3 is 0 Å². The second kappa shape index (κ2) is 8.37. The molecule has 1 aliphatic heterocycles. The van der Waals surface area contributed by atoms with Gasteiger partial charge in [0.2, 0.25) is 10.0 Å². The Morgan fingerprint density at radius 2 is 1.60 bits per heavy atom. The average molecular weight is 425 g/mol. The van der Waals surface area contributed by atoms with E-state index in [1.54, 1.807) is 24.4 Å². The fourth-order valence-electron chi connectivity index (χ4n) is 3.41. The first-order chi connectivity index (χ1) is 14.4. The third-order valence-corrected chi connectivity index (χ3v) is 6.91. The second-order valence-electron chi connectivity index (χ2n) is 7.31. The average Bonchev–Trinajstić information content (AvgIpc) is 2.74. The van der Waals surface area contributed by atoms with Gasteiger partial charge in [0, 0.05) is 38.4 Å². The van der Waals surface area contributed by atoms with Gasteiger partial charge in [-0.15, -0.1) is 0 Å². The number of nitrogens with one attached hydrogen (secondary N) is 1. The van der Waals surface area contributed by atoms with E-state index in [1.165, 1.54) is 10.6 Å². The van der Waals surface area contributed by atoms with Gasteiger partial charge in [0.1, 0.15) is 23.8 Å². The molecule has 0 bridgehead atoms. The number of benzene rings is 1. The van der Waals surface area contributed by atoms with Gasteiger partial charge in [-0.25, -0.2) is 23.4 Å². The summed E-state index contributed by atoms with van der Waals surface area (Å²) in [5.74, 6) is 2.12. The van der Waals surface area contributed by atoms with Crippen LogP contribution in [0.25, 0.3) is 0 Å². The lowest BCUT2D eigenvalue weighted by Gasteiger charge is -2.34. The van der Waals surface area contributed by atoms with Crippen LogP contribution in [-0.2, 0) is 10.0 Å². The predicted molar refractivity (Wildman–Crippen MR) is 116 cm³/mol. The summed E-state index contributed by atoms with van der Waals surface area (Å²) >= 11 is 0. The van der Waals surface area contributed by atoms with Gasteiger partial charge in [0.25, 0.3) is 0 Å². The molecule has 1 N–H and O–H groups in total. The third kappa shape index (κ3) is 4.42. The Labute approximate surface area is 176 Å². The largest absolute Gasteiger partial charge is 0.354 e. The minimum Gasteiger partial charge on any atom is -0.354 e. The molecule has 1 fully saturated rings. The van der Waals surface area contributed by atoms with Crippen molar-refractivity contribution < 1.29 is 8.42 Å². The van der Waals surface area contributed by atoms with Crippen LogP contribution >= 0.6 is 0 Å². The van der Waals surface area contributed by atoms with Crippen LogP contribution in [0.2, 0.25) is 0 Å². The molecule has 0 atom stereocenters. The number of pyridine rings is 1. The number of hydrogen-bond acceptors (Lipinski definition) is 7. The van der Waals surface area contributed by atoms with Crippen molar-refractivity contribution >= 4 is 27.5 Å². The molecule has 0 aliphatic carbocycles. The van der Waals surface area contributed by atoms with Gasteiger partial charge in [-0.3, -0.25) is 0 Å². The third-order valence-electron chi connectivity index (χ3n) is 5.01. The zero-order chi connectivity index (χ0) is 21.1. The highest BCUT2D eigenvalue weighted by Gasteiger charge is 2.29. The van der Waals surface area contributed by atoms with Gasteiger partial charge in [-0.05, 0) is 49.2 Å². The maximum absolute atomic E-state index is 12.9. The normalized spacial score (nSPS) is 15.2. The summed E-state index contributed by atoms with van der Waals surface area (Å²) in [6.07, 6.45) is 3.25. The van der Waals surface area contributed by atoms with Crippen molar-refractivity contribution in [3.8, 4) is 0 Å². The fourth-order valence-corrected chi connectivity index (χ4v) is 4.93. The lowest BCUT2D eigenvalue weighted by atomic mass is 10.2. The molecule has 0 spiro atoms. The molecule has 0 radical (unpaired) electrons. The van der Waals surface area contributed by atoms with Crippen molar-refractivity contribution in [2.75, 3.05) is 36.4 Å². The van der Waals surface area contributed by atoms with Crippen LogP contribution < -0.4 is 10.2 Å². The van der Waals surface area contributed by atoms with E-state index in [2.05, 4.69) is 25.2 Å². The van der Waals surface area contributed by atoms with Crippen molar-refractivity contribution in [3.63, 3.8) is 0 Å². The zero-order valence-corrected chi connectivity index (χ0v) is 17.8. The Balaban J connectivity index is 1.44. The van der Waals surface area contributed by atoms with Crippen molar-refractivity contribution in [1.29, 1.82) is 0 Å². The number of sulfonamides is 1. The SMILES string of the molecule is Cc1cccc(S(=O)(=O)N2CCN(c3cc(Nc4cc(C)ccn4)ncn3)CC2)c1. The highest BCUT2D eigenvalue weighted by molar-refractivity contribution is 7.89. The first-order valence-electron chi connectivity index (χ1n) is 9.75. The number of rotatable bonds is 5. The van der Waals surface area contributed by atoms with E-state index in [1.807, 2.05) is 38.1 Å². The van der Waals surface area contributed by atoms with Crippen molar-refractivity contribution in [2.45, 2.75) is 18.7 Å². The monoisotopic (exact) mass is 424 g/mol. The maximum atomic E-state index is 12.9. The minimum atomic E-state index is -3.49. The molecule has 1 saturated heterocycles. The summed E-state index contributed by atoms with van der Waals surface area (Å²) in [6.45, 7) is 5.83. The quantitative estimate of drug-likeness (QED) is 0.673. The minimum absolute atomic E-state index is 0.343. The molecule has 0 amide bonds. The van der Waals surface area contributed by atoms with E-state index in [9.17, 15) is 8.42 Å². The van der Waals surface area contributed by atoms with E-state index in [4.69, 9.17) is 0 Å². The maximum Gasteiger partial charge on any atom is 0.243 e.